The molecule has 1 aliphatic heterocycles. The van der Waals surface area contributed by atoms with Gasteiger partial charge in [-0.3, -0.25) is 9.69 Å². The van der Waals surface area contributed by atoms with Crippen molar-refractivity contribution in [2.45, 2.75) is 20.8 Å². The predicted octanol–water partition coefficient (Wildman–Crippen LogP) is 2.20. The molecule has 0 saturated carbocycles. The summed E-state index contributed by atoms with van der Waals surface area (Å²) in [5, 5.41) is 0. The molecule has 0 unspecified atom stereocenters. The molecule has 1 aliphatic rings. The van der Waals surface area contributed by atoms with Crippen LogP contribution in [0.1, 0.15) is 27.4 Å². The fourth-order valence-corrected chi connectivity index (χ4v) is 2.80. The summed E-state index contributed by atoms with van der Waals surface area (Å²) in [5.41, 5.74) is 1.70. The fourth-order valence-electron chi connectivity index (χ4n) is 2.56. The van der Waals surface area contributed by atoms with Gasteiger partial charge in [0.2, 0.25) is 0 Å². The first-order valence-electron chi connectivity index (χ1n) is 6.68. The molecule has 19 heavy (non-hydrogen) atoms. The minimum atomic E-state index is 0.0948. The predicted molar refractivity (Wildman–Crippen MR) is 76.0 cm³/mol. The monoisotopic (exact) mass is 284 g/mol. The standard InChI is InChI=1S/C14H21ClN2O2/c1-10-11(2)19-12(3)13(10)14(18)17-8-6-16(5-4-15)7-9-17/h4-9H2,1-3H3. The second-order valence-corrected chi connectivity index (χ2v) is 5.42. The van der Waals surface area contributed by atoms with Crippen molar-refractivity contribution in [3.63, 3.8) is 0 Å². The summed E-state index contributed by atoms with van der Waals surface area (Å²) in [4.78, 5) is 16.7. The first-order chi connectivity index (χ1) is 9.04. The zero-order valence-electron chi connectivity index (χ0n) is 11.8. The van der Waals surface area contributed by atoms with Crippen LogP contribution in [-0.2, 0) is 0 Å². The van der Waals surface area contributed by atoms with Gasteiger partial charge < -0.3 is 9.32 Å². The molecule has 106 valence electrons. The summed E-state index contributed by atoms with van der Waals surface area (Å²) in [7, 11) is 0. The molecule has 1 saturated heterocycles. The van der Waals surface area contributed by atoms with Gasteiger partial charge in [0.25, 0.3) is 5.91 Å². The van der Waals surface area contributed by atoms with Crippen molar-refractivity contribution < 1.29 is 9.21 Å². The molecule has 0 bridgehead atoms. The SMILES string of the molecule is Cc1oc(C)c(C(=O)N2CCN(CCCl)CC2)c1C. The van der Waals surface area contributed by atoms with Gasteiger partial charge in [-0.05, 0) is 20.8 Å². The largest absolute Gasteiger partial charge is 0.466 e. The molecule has 0 radical (unpaired) electrons. The summed E-state index contributed by atoms with van der Waals surface area (Å²) in [6.45, 7) is 9.92. The Morgan fingerprint density at radius 3 is 2.26 bits per heavy atom. The van der Waals surface area contributed by atoms with Gasteiger partial charge in [0.1, 0.15) is 11.5 Å². The van der Waals surface area contributed by atoms with E-state index in [0.717, 1.165) is 55.4 Å². The van der Waals surface area contributed by atoms with Gasteiger partial charge in [-0.25, -0.2) is 0 Å². The van der Waals surface area contributed by atoms with Crippen LogP contribution in [0.4, 0.5) is 0 Å². The van der Waals surface area contributed by atoms with Crippen molar-refractivity contribution in [2.75, 3.05) is 38.6 Å². The van der Waals surface area contributed by atoms with E-state index >= 15 is 0 Å². The van der Waals surface area contributed by atoms with Crippen LogP contribution in [0.5, 0.6) is 0 Å². The highest BCUT2D eigenvalue weighted by molar-refractivity contribution is 6.18. The zero-order chi connectivity index (χ0) is 14.0. The quantitative estimate of drug-likeness (QED) is 0.799. The molecule has 0 atom stereocenters. The van der Waals surface area contributed by atoms with Crippen molar-refractivity contribution >= 4 is 17.5 Å². The van der Waals surface area contributed by atoms with Crippen LogP contribution in [0.2, 0.25) is 0 Å². The van der Waals surface area contributed by atoms with Gasteiger partial charge in [0, 0.05) is 44.2 Å². The number of carbonyl (C=O) groups excluding carboxylic acids is 1. The number of piperazine rings is 1. The van der Waals surface area contributed by atoms with E-state index in [0.29, 0.717) is 5.88 Å². The van der Waals surface area contributed by atoms with Crippen LogP contribution in [0.3, 0.4) is 0 Å². The highest BCUT2D eigenvalue weighted by Gasteiger charge is 2.26. The molecule has 0 aromatic carbocycles. The third kappa shape index (κ3) is 2.95. The van der Waals surface area contributed by atoms with E-state index in [1.54, 1.807) is 0 Å². The second kappa shape index (κ2) is 5.97. The van der Waals surface area contributed by atoms with Crippen LogP contribution in [0, 0.1) is 20.8 Å². The highest BCUT2D eigenvalue weighted by atomic mass is 35.5. The van der Waals surface area contributed by atoms with Crippen molar-refractivity contribution in [3.8, 4) is 0 Å². The lowest BCUT2D eigenvalue weighted by molar-refractivity contribution is 0.0642. The average molecular weight is 285 g/mol. The Balaban J connectivity index is 2.05. The number of aryl methyl sites for hydroxylation is 2. The Morgan fingerprint density at radius 2 is 1.79 bits per heavy atom. The topological polar surface area (TPSA) is 36.7 Å². The number of rotatable bonds is 3. The summed E-state index contributed by atoms with van der Waals surface area (Å²) >= 11 is 5.74. The molecular weight excluding hydrogens is 264 g/mol. The first-order valence-corrected chi connectivity index (χ1v) is 7.22. The van der Waals surface area contributed by atoms with Crippen LogP contribution in [-0.4, -0.2) is 54.3 Å². The van der Waals surface area contributed by atoms with E-state index in [-0.39, 0.29) is 5.91 Å². The smallest absolute Gasteiger partial charge is 0.257 e. The molecule has 2 rings (SSSR count). The summed E-state index contributed by atoms with van der Waals surface area (Å²) in [5.74, 6) is 2.30. The Labute approximate surface area is 119 Å². The number of furan rings is 1. The molecule has 0 spiro atoms. The number of alkyl halides is 1. The first kappa shape index (κ1) is 14.4. The molecular formula is C14H21ClN2O2. The zero-order valence-corrected chi connectivity index (χ0v) is 12.6. The maximum Gasteiger partial charge on any atom is 0.257 e. The van der Waals surface area contributed by atoms with Gasteiger partial charge in [-0.15, -0.1) is 11.6 Å². The maximum atomic E-state index is 12.5. The number of carbonyl (C=O) groups is 1. The van der Waals surface area contributed by atoms with E-state index < -0.39 is 0 Å². The Morgan fingerprint density at radius 1 is 1.16 bits per heavy atom. The lowest BCUT2D eigenvalue weighted by atomic mass is 10.1. The number of halogens is 1. The normalized spacial score (nSPS) is 16.9. The second-order valence-electron chi connectivity index (χ2n) is 5.04. The number of hydrogen-bond acceptors (Lipinski definition) is 3. The van der Waals surface area contributed by atoms with Crippen molar-refractivity contribution in [1.29, 1.82) is 0 Å². The molecule has 1 aromatic rings. The molecule has 1 fully saturated rings. The minimum absolute atomic E-state index is 0.0948. The lowest BCUT2D eigenvalue weighted by Crippen LogP contribution is -2.49. The van der Waals surface area contributed by atoms with Crippen molar-refractivity contribution in [2.24, 2.45) is 0 Å². The van der Waals surface area contributed by atoms with Crippen LogP contribution in [0.15, 0.2) is 4.42 Å². The molecule has 1 amide bonds. The van der Waals surface area contributed by atoms with E-state index in [1.807, 2.05) is 25.7 Å². The molecule has 5 heteroatoms. The Bertz CT molecular complexity index is 462. The maximum absolute atomic E-state index is 12.5. The molecule has 2 heterocycles. The van der Waals surface area contributed by atoms with Gasteiger partial charge in [-0.1, -0.05) is 0 Å². The molecule has 1 aromatic heterocycles. The Kier molecular flexibility index (Phi) is 4.53. The molecule has 0 aliphatic carbocycles. The van der Waals surface area contributed by atoms with E-state index in [2.05, 4.69) is 4.90 Å². The average Bonchev–Trinajstić information content (AvgIpc) is 2.64. The number of amides is 1. The summed E-state index contributed by atoms with van der Waals surface area (Å²) in [6.07, 6.45) is 0. The van der Waals surface area contributed by atoms with Gasteiger partial charge in [0.05, 0.1) is 5.56 Å². The fraction of sp³-hybridized carbons (Fsp3) is 0.643. The highest BCUT2D eigenvalue weighted by Crippen LogP contribution is 2.22. The third-order valence-electron chi connectivity index (χ3n) is 3.84. The third-order valence-corrected chi connectivity index (χ3v) is 4.00. The van der Waals surface area contributed by atoms with Gasteiger partial charge >= 0.3 is 0 Å². The van der Waals surface area contributed by atoms with Crippen molar-refractivity contribution in [3.05, 3.63) is 22.6 Å². The molecule has 4 nitrogen and oxygen atoms in total. The van der Waals surface area contributed by atoms with Crippen molar-refractivity contribution in [1.82, 2.24) is 9.80 Å². The van der Waals surface area contributed by atoms with E-state index in [4.69, 9.17) is 16.0 Å². The lowest BCUT2D eigenvalue weighted by Gasteiger charge is -2.34. The van der Waals surface area contributed by atoms with Crippen LogP contribution < -0.4 is 0 Å². The van der Waals surface area contributed by atoms with Crippen LogP contribution in [0.25, 0.3) is 0 Å². The van der Waals surface area contributed by atoms with E-state index in [9.17, 15) is 4.79 Å². The summed E-state index contributed by atoms with van der Waals surface area (Å²) in [6, 6.07) is 0. The van der Waals surface area contributed by atoms with Gasteiger partial charge in [0.15, 0.2) is 0 Å². The minimum Gasteiger partial charge on any atom is -0.466 e. The number of hydrogen-bond donors (Lipinski definition) is 0. The van der Waals surface area contributed by atoms with Crippen LogP contribution >= 0.6 is 11.6 Å². The van der Waals surface area contributed by atoms with E-state index in [1.165, 1.54) is 0 Å². The summed E-state index contributed by atoms with van der Waals surface area (Å²) < 4.78 is 5.54. The Hall–Kier alpha value is -1.00. The van der Waals surface area contributed by atoms with Gasteiger partial charge in [-0.2, -0.15) is 0 Å². The molecule has 0 N–H and O–H groups in total. The number of nitrogens with zero attached hydrogens (tertiary/aromatic N) is 2.